The zero-order valence-electron chi connectivity index (χ0n) is 8.69. The molecule has 2 nitrogen and oxygen atoms in total. The number of halogens is 5. The lowest BCUT2D eigenvalue weighted by Crippen LogP contribution is -2.29. The number of hydrazine groups is 1. The van der Waals surface area contributed by atoms with Crippen molar-refractivity contribution in [2.45, 2.75) is 25.1 Å². The van der Waals surface area contributed by atoms with Gasteiger partial charge in [0.1, 0.15) is 0 Å². The van der Waals surface area contributed by atoms with E-state index < -0.39 is 18.6 Å². The molecule has 1 aromatic rings. The summed E-state index contributed by atoms with van der Waals surface area (Å²) in [6.45, 7) is 0. The van der Waals surface area contributed by atoms with Crippen LogP contribution in [0.15, 0.2) is 22.7 Å². The number of hydrogen-bond acceptors (Lipinski definition) is 2. The first-order chi connectivity index (χ1) is 7.83. The number of alkyl halides is 3. The molecule has 3 N–H and O–H groups in total. The highest BCUT2D eigenvalue weighted by atomic mass is 79.9. The van der Waals surface area contributed by atoms with Crippen molar-refractivity contribution in [1.29, 1.82) is 0 Å². The molecule has 0 heterocycles. The quantitative estimate of drug-likeness (QED) is 0.647. The monoisotopic (exact) mass is 330 g/mol. The zero-order valence-corrected chi connectivity index (χ0v) is 11.0. The highest BCUT2D eigenvalue weighted by Crippen LogP contribution is 2.32. The molecule has 0 aliphatic heterocycles. The van der Waals surface area contributed by atoms with Gasteiger partial charge in [-0.25, -0.2) is 0 Å². The second kappa shape index (κ2) is 6.04. The van der Waals surface area contributed by atoms with Crippen LogP contribution in [0.1, 0.15) is 24.4 Å². The van der Waals surface area contributed by atoms with E-state index in [0.717, 1.165) is 4.47 Å². The van der Waals surface area contributed by atoms with Gasteiger partial charge >= 0.3 is 6.18 Å². The molecule has 0 saturated carbocycles. The molecule has 0 radical (unpaired) electrons. The molecule has 1 aromatic carbocycles. The van der Waals surface area contributed by atoms with Crippen molar-refractivity contribution in [3.8, 4) is 0 Å². The van der Waals surface area contributed by atoms with E-state index in [0.29, 0.717) is 10.6 Å². The number of rotatable bonds is 4. The number of benzene rings is 1. The van der Waals surface area contributed by atoms with Gasteiger partial charge in [-0.15, -0.1) is 0 Å². The average Bonchev–Trinajstić information content (AvgIpc) is 2.22. The molecular formula is C10H11BrClF3N2. The van der Waals surface area contributed by atoms with E-state index >= 15 is 0 Å². The molecule has 0 aliphatic carbocycles. The summed E-state index contributed by atoms with van der Waals surface area (Å²) >= 11 is 9.16. The molecule has 96 valence electrons. The van der Waals surface area contributed by atoms with E-state index in [4.69, 9.17) is 17.4 Å². The van der Waals surface area contributed by atoms with Crippen molar-refractivity contribution in [3.05, 3.63) is 33.3 Å². The fourth-order valence-corrected chi connectivity index (χ4v) is 2.05. The Labute approximate surface area is 110 Å². The van der Waals surface area contributed by atoms with Crippen molar-refractivity contribution < 1.29 is 13.2 Å². The van der Waals surface area contributed by atoms with E-state index in [9.17, 15) is 13.2 Å². The first kappa shape index (κ1) is 14.8. The third-order valence-corrected chi connectivity index (χ3v) is 3.09. The van der Waals surface area contributed by atoms with Crippen LogP contribution in [0, 0.1) is 0 Å². The van der Waals surface area contributed by atoms with Gasteiger partial charge in [0.25, 0.3) is 0 Å². The summed E-state index contributed by atoms with van der Waals surface area (Å²) in [5.41, 5.74) is 2.90. The Bertz CT molecular complexity index is 384. The number of nitrogens with one attached hydrogen (secondary N) is 1. The van der Waals surface area contributed by atoms with Crippen LogP contribution in [0.25, 0.3) is 0 Å². The minimum absolute atomic E-state index is 0.157. The van der Waals surface area contributed by atoms with Gasteiger partial charge in [-0.05, 0) is 30.2 Å². The van der Waals surface area contributed by atoms with Gasteiger partial charge in [0.2, 0.25) is 0 Å². The van der Waals surface area contributed by atoms with Crippen LogP contribution in [-0.2, 0) is 0 Å². The molecular weight excluding hydrogens is 320 g/mol. The summed E-state index contributed by atoms with van der Waals surface area (Å²) < 4.78 is 37.2. The molecule has 0 saturated heterocycles. The molecule has 0 bridgehead atoms. The smallest absolute Gasteiger partial charge is 0.271 e. The third kappa shape index (κ3) is 4.83. The van der Waals surface area contributed by atoms with E-state index in [1.807, 2.05) is 0 Å². The zero-order chi connectivity index (χ0) is 13.1. The van der Waals surface area contributed by atoms with Crippen molar-refractivity contribution in [1.82, 2.24) is 5.43 Å². The molecule has 1 rings (SSSR count). The van der Waals surface area contributed by atoms with Crippen LogP contribution in [0.3, 0.4) is 0 Å². The van der Waals surface area contributed by atoms with Crippen molar-refractivity contribution >= 4 is 27.5 Å². The SMILES string of the molecule is NNC(CCC(F)(F)F)c1cc(Br)ccc1Cl. The fraction of sp³-hybridized carbons (Fsp3) is 0.400. The normalized spacial score (nSPS) is 13.8. The van der Waals surface area contributed by atoms with Crippen LogP contribution in [-0.4, -0.2) is 6.18 Å². The van der Waals surface area contributed by atoms with E-state index in [1.165, 1.54) is 0 Å². The summed E-state index contributed by atoms with van der Waals surface area (Å²) in [5.74, 6) is 5.26. The molecule has 0 spiro atoms. The standard InChI is InChI=1S/C10H11BrClF3N2/c11-6-1-2-8(12)7(5-6)9(17-16)3-4-10(13,14)15/h1-2,5,9,17H,3-4,16H2. The Morgan fingerprint density at radius 2 is 2.06 bits per heavy atom. The summed E-state index contributed by atoms with van der Waals surface area (Å²) in [7, 11) is 0. The van der Waals surface area contributed by atoms with Gasteiger partial charge in [-0.1, -0.05) is 27.5 Å². The fourth-order valence-electron chi connectivity index (χ4n) is 1.42. The van der Waals surface area contributed by atoms with Crippen LogP contribution >= 0.6 is 27.5 Å². The second-order valence-electron chi connectivity index (χ2n) is 3.54. The molecule has 17 heavy (non-hydrogen) atoms. The van der Waals surface area contributed by atoms with Crippen molar-refractivity contribution in [3.63, 3.8) is 0 Å². The van der Waals surface area contributed by atoms with Crippen molar-refractivity contribution in [2.75, 3.05) is 0 Å². The summed E-state index contributed by atoms with van der Waals surface area (Å²) in [4.78, 5) is 0. The molecule has 0 aliphatic rings. The van der Waals surface area contributed by atoms with Gasteiger partial charge in [0.15, 0.2) is 0 Å². The largest absolute Gasteiger partial charge is 0.389 e. The van der Waals surface area contributed by atoms with Crippen molar-refractivity contribution in [2.24, 2.45) is 5.84 Å². The van der Waals surface area contributed by atoms with Gasteiger partial charge in [0.05, 0.1) is 0 Å². The Morgan fingerprint density at radius 1 is 1.41 bits per heavy atom. The minimum atomic E-state index is -4.20. The summed E-state index contributed by atoms with van der Waals surface area (Å²) in [6.07, 6.45) is -5.27. The van der Waals surface area contributed by atoms with E-state index in [1.54, 1.807) is 18.2 Å². The van der Waals surface area contributed by atoms with Gasteiger partial charge in [-0.2, -0.15) is 13.2 Å². The Balaban J connectivity index is 2.82. The molecule has 1 unspecified atom stereocenters. The van der Waals surface area contributed by atoms with Gasteiger partial charge in [-0.3, -0.25) is 11.3 Å². The molecule has 1 atom stereocenters. The Kier molecular flexibility index (Phi) is 5.24. The third-order valence-electron chi connectivity index (χ3n) is 2.25. The predicted octanol–water partition coefficient (Wildman–Crippen LogP) is 3.95. The molecule has 0 fully saturated rings. The highest BCUT2D eigenvalue weighted by molar-refractivity contribution is 9.10. The lowest BCUT2D eigenvalue weighted by Gasteiger charge is -2.18. The molecule has 7 heteroatoms. The van der Waals surface area contributed by atoms with Crippen LogP contribution in [0.2, 0.25) is 5.02 Å². The average molecular weight is 332 g/mol. The lowest BCUT2D eigenvalue weighted by atomic mass is 10.0. The first-order valence-electron chi connectivity index (χ1n) is 4.81. The Morgan fingerprint density at radius 3 is 2.59 bits per heavy atom. The predicted molar refractivity (Wildman–Crippen MR) is 64.5 cm³/mol. The molecule has 0 amide bonds. The van der Waals surface area contributed by atoms with Crippen LogP contribution in [0.5, 0.6) is 0 Å². The van der Waals surface area contributed by atoms with E-state index in [2.05, 4.69) is 21.4 Å². The second-order valence-corrected chi connectivity index (χ2v) is 4.86. The van der Waals surface area contributed by atoms with Crippen LogP contribution < -0.4 is 11.3 Å². The maximum absolute atomic E-state index is 12.1. The Hall–Kier alpha value is -0.300. The van der Waals surface area contributed by atoms with Crippen LogP contribution in [0.4, 0.5) is 13.2 Å². The van der Waals surface area contributed by atoms with Gasteiger partial charge in [0, 0.05) is 22.0 Å². The van der Waals surface area contributed by atoms with Gasteiger partial charge < -0.3 is 0 Å². The molecule has 0 aromatic heterocycles. The highest BCUT2D eigenvalue weighted by Gasteiger charge is 2.29. The topological polar surface area (TPSA) is 38.0 Å². The lowest BCUT2D eigenvalue weighted by molar-refractivity contribution is -0.136. The minimum Gasteiger partial charge on any atom is -0.271 e. The number of nitrogens with two attached hydrogens (primary N) is 1. The first-order valence-corrected chi connectivity index (χ1v) is 5.98. The van der Waals surface area contributed by atoms with E-state index in [-0.39, 0.29) is 6.42 Å². The summed E-state index contributed by atoms with van der Waals surface area (Å²) in [6, 6.07) is 4.35. The maximum atomic E-state index is 12.1. The maximum Gasteiger partial charge on any atom is 0.389 e. The number of hydrogen-bond donors (Lipinski definition) is 2. The summed E-state index contributed by atoms with van der Waals surface area (Å²) in [5, 5.41) is 0.387.